The van der Waals surface area contributed by atoms with Gasteiger partial charge in [-0.05, 0) is 6.07 Å². The van der Waals surface area contributed by atoms with Crippen LogP contribution in [0, 0.1) is 11.9 Å². The Balaban J connectivity index is 0.000000620. The summed E-state index contributed by atoms with van der Waals surface area (Å²) in [6.07, 6.45) is -1.85. The number of nitrogens with one attached hydrogen (secondary N) is 1. The van der Waals surface area contributed by atoms with E-state index in [0.29, 0.717) is 5.70 Å². The Kier molecular flexibility index (Phi) is 9.23. The van der Waals surface area contributed by atoms with Crippen LogP contribution in [0.15, 0.2) is 48.3 Å². The van der Waals surface area contributed by atoms with E-state index in [9.17, 15) is 17.6 Å². The molecule has 3 nitrogen and oxygen atoms in total. The predicted octanol–water partition coefficient (Wildman–Crippen LogP) is 5.68. The molecule has 0 aliphatic carbocycles. The molecule has 2 rings (SSSR count). The number of nitrogens with zero attached hydrogens (tertiary/aromatic N) is 2. The Hall–Kier alpha value is -2.05. The molecule has 1 aromatic heterocycles. The van der Waals surface area contributed by atoms with Gasteiger partial charge in [0.2, 0.25) is 0 Å². The summed E-state index contributed by atoms with van der Waals surface area (Å²) in [6.45, 7) is 3.15. The summed E-state index contributed by atoms with van der Waals surface area (Å²) in [6, 6.07) is 7.82. The molecule has 1 aromatic carbocycles. The number of aromatic nitrogens is 1. The number of alkyl halides is 3. The Morgan fingerprint density at radius 1 is 1.24 bits per heavy atom. The van der Waals surface area contributed by atoms with E-state index in [1.807, 2.05) is 0 Å². The van der Waals surface area contributed by atoms with Crippen molar-refractivity contribution in [1.29, 1.82) is 0 Å². The van der Waals surface area contributed by atoms with Crippen LogP contribution < -0.4 is 0 Å². The second-order valence-electron chi connectivity index (χ2n) is 4.79. The molecule has 0 radical (unpaired) electrons. The molecule has 0 amide bonds. The minimum Gasteiger partial charge on any atom is -0.808 e. The zero-order valence-corrected chi connectivity index (χ0v) is 15.7. The van der Waals surface area contributed by atoms with Crippen LogP contribution >= 0.6 is 0 Å². The Morgan fingerprint density at radius 3 is 2.28 bits per heavy atom. The van der Waals surface area contributed by atoms with Crippen molar-refractivity contribution in [2.75, 3.05) is 0 Å². The van der Waals surface area contributed by atoms with Crippen LogP contribution in [-0.2, 0) is 26.3 Å². The number of pyridine rings is 1. The van der Waals surface area contributed by atoms with Crippen molar-refractivity contribution in [3.63, 3.8) is 0 Å². The molecule has 0 bridgehead atoms. The van der Waals surface area contributed by atoms with Gasteiger partial charge in [-0.25, -0.2) is 0 Å². The molecule has 1 N–H and O–H groups in total. The third-order valence-corrected chi connectivity index (χ3v) is 2.57. The Morgan fingerprint density at radius 2 is 1.88 bits per heavy atom. The number of rotatable bonds is 2. The van der Waals surface area contributed by atoms with E-state index in [-0.39, 0.29) is 37.1 Å². The quantitative estimate of drug-likeness (QED) is 0.281. The first-order valence-corrected chi connectivity index (χ1v) is 6.73. The van der Waals surface area contributed by atoms with E-state index < -0.39 is 17.6 Å². The van der Waals surface area contributed by atoms with Crippen molar-refractivity contribution < 1.29 is 37.7 Å². The standard InChI is InChI=1S/C12H6F4N.C5H8N2.Ir/c13-9-5-3-8(4-6-9)11-10(12(14,15)16)2-1-7-17-11;1-4(6)3-5(2)7;/h1-3,5-7H;3,6H,1-2H3;/q-1;-2;+3/b;4-3-;. The second-order valence-corrected chi connectivity index (χ2v) is 4.79. The van der Waals surface area contributed by atoms with Crippen LogP contribution in [-0.4, -0.2) is 10.7 Å². The van der Waals surface area contributed by atoms with Crippen LogP contribution in [0.5, 0.6) is 0 Å². The molecule has 134 valence electrons. The molecule has 0 atom stereocenters. The van der Waals surface area contributed by atoms with Crippen molar-refractivity contribution in [2.24, 2.45) is 0 Å². The van der Waals surface area contributed by atoms with Crippen molar-refractivity contribution in [3.8, 4) is 11.3 Å². The van der Waals surface area contributed by atoms with Crippen LogP contribution in [0.4, 0.5) is 17.6 Å². The monoisotopic (exact) mass is 529 g/mol. The maximum atomic E-state index is 12.7. The summed E-state index contributed by atoms with van der Waals surface area (Å²) in [4.78, 5) is 3.67. The first-order chi connectivity index (χ1) is 11.1. The summed E-state index contributed by atoms with van der Waals surface area (Å²) >= 11 is 0. The van der Waals surface area contributed by atoms with Crippen molar-refractivity contribution in [1.82, 2.24) is 4.98 Å². The summed E-state index contributed by atoms with van der Waals surface area (Å²) in [5.41, 5.74) is 6.35. The van der Waals surface area contributed by atoms with E-state index in [1.54, 1.807) is 6.92 Å². The number of hydrogen-bond donors (Lipinski definition) is 0. The smallest absolute Gasteiger partial charge is 0.808 e. The SMILES string of the molecule is CC(=[N-])/C=C(/C)[NH-].Fc1c[c-]c(-c2ncccc2C(F)(F)F)cc1.[Ir+3]. The van der Waals surface area contributed by atoms with E-state index >= 15 is 0 Å². The molecule has 0 aliphatic rings. The van der Waals surface area contributed by atoms with Gasteiger partial charge in [-0.2, -0.15) is 24.6 Å². The molecule has 0 saturated carbocycles. The zero-order chi connectivity index (χ0) is 18.3. The molecule has 0 spiro atoms. The maximum absolute atomic E-state index is 12.7. The van der Waals surface area contributed by atoms with Gasteiger partial charge in [-0.3, -0.25) is 4.39 Å². The van der Waals surface area contributed by atoms with E-state index in [2.05, 4.69) is 11.1 Å². The fourth-order valence-electron chi connectivity index (χ4n) is 1.72. The average Bonchev–Trinajstić information content (AvgIpc) is 2.46. The van der Waals surface area contributed by atoms with Gasteiger partial charge in [0.25, 0.3) is 0 Å². The number of allylic oxidation sites excluding steroid dienone is 2. The summed E-state index contributed by atoms with van der Waals surface area (Å²) in [5, 5.41) is 8.44. The van der Waals surface area contributed by atoms with E-state index in [1.165, 1.54) is 31.3 Å². The fourth-order valence-corrected chi connectivity index (χ4v) is 1.72. The first-order valence-electron chi connectivity index (χ1n) is 6.73. The molecule has 8 heteroatoms. The van der Waals surface area contributed by atoms with Crippen LogP contribution in [0.3, 0.4) is 0 Å². The van der Waals surface area contributed by atoms with Crippen LogP contribution in [0.1, 0.15) is 19.4 Å². The first kappa shape index (κ1) is 22.9. The molecule has 0 fully saturated rings. The Bertz CT molecular complexity index is 721. The van der Waals surface area contributed by atoms with Crippen LogP contribution in [0.25, 0.3) is 22.4 Å². The molecular weight excluding hydrogens is 514 g/mol. The summed E-state index contributed by atoms with van der Waals surface area (Å²) in [7, 11) is 0. The summed E-state index contributed by atoms with van der Waals surface area (Å²) in [5.74, 6) is -0.557. The molecule has 25 heavy (non-hydrogen) atoms. The van der Waals surface area contributed by atoms with E-state index in [4.69, 9.17) is 11.1 Å². The number of benzene rings is 1. The third kappa shape index (κ3) is 8.05. The third-order valence-electron chi connectivity index (χ3n) is 2.57. The molecule has 0 saturated heterocycles. The van der Waals surface area contributed by atoms with Crippen LogP contribution in [0.2, 0.25) is 0 Å². The summed E-state index contributed by atoms with van der Waals surface area (Å²) < 4.78 is 50.7. The molecule has 0 aliphatic heterocycles. The predicted molar refractivity (Wildman–Crippen MR) is 85.6 cm³/mol. The largest absolute Gasteiger partial charge is 3.00 e. The number of halogens is 4. The van der Waals surface area contributed by atoms with Gasteiger partial charge in [0.1, 0.15) is 0 Å². The topological polar surface area (TPSA) is 59.0 Å². The van der Waals surface area contributed by atoms with Gasteiger partial charge in [0.15, 0.2) is 0 Å². The average molecular weight is 529 g/mol. The molecule has 0 unspecified atom stereocenters. The van der Waals surface area contributed by atoms with Gasteiger partial charge in [-0.15, -0.1) is 35.9 Å². The van der Waals surface area contributed by atoms with E-state index in [0.717, 1.165) is 18.2 Å². The molecular formula is C17H14F4IrN3. The van der Waals surface area contributed by atoms with Gasteiger partial charge >= 0.3 is 26.3 Å². The molecule has 2 aromatic rings. The number of hydrogen-bond acceptors (Lipinski definition) is 1. The maximum Gasteiger partial charge on any atom is 3.00 e. The van der Waals surface area contributed by atoms with Gasteiger partial charge in [-0.1, -0.05) is 19.9 Å². The van der Waals surface area contributed by atoms with Gasteiger partial charge in [0.05, 0.1) is 0 Å². The molecule has 1 heterocycles. The van der Waals surface area contributed by atoms with Crippen molar-refractivity contribution >= 4 is 5.71 Å². The zero-order valence-electron chi connectivity index (χ0n) is 13.3. The van der Waals surface area contributed by atoms with Gasteiger partial charge in [0, 0.05) is 23.3 Å². The van der Waals surface area contributed by atoms with Gasteiger partial charge < -0.3 is 16.1 Å². The van der Waals surface area contributed by atoms with Crippen molar-refractivity contribution in [3.05, 3.63) is 76.9 Å². The second kappa shape index (κ2) is 10.1. The normalized spacial score (nSPS) is 11.0. The van der Waals surface area contributed by atoms with Crippen molar-refractivity contribution in [2.45, 2.75) is 20.0 Å². The minimum atomic E-state index is -4.49. The Labute approximate surface area is 156 Å². The fraction of sp³-hybridized carbons (Fsp3) is 0.176. The minimum absolute atomic E-state index is 0.